The molecular formula is C19H27NO5. The number of amides is 1. The van der Waals surface area contributed by atoms with Crippen LogP contribution < -0.4 is 0 Å². The summed E-state index contributed by atoms with van der Waals surface area (Å²) in [7, 11) is 0. The smallest absolute Gasteiger partial charge is 0.444 e. The molecule has 6 nitrogen and oxygen atoms in total. The van der Waals surface area contributed by atoms with Crippen LogP contribution in [0.1, 0.15) is 45.6 Å². The molecule has 1 aromatic carbocycles. The highest BCUT2D eigenvalue weighted by molar-refractivity contribution is 5.68. The maximum Gasteiger partial charge on any atom is 0.508 e. The minimum absolute atomic E-state index is 0.118. The second kappa shape index (κ2) is 8.74. The van der Waals surface area contributed by atoms with E-state index in [1.165, 1.54) is 0 Å². The van der Waals surface area contributed by atoms with Gasteiger partial charge < -0.3 is 19.1 Å². The number of piperidine rings is 1. The highest BCUT2D eigenvalue weighted by atomic mass is 16.7. The van der Waals surface area contributed by atoms with Crippen molar-refractivity contribution in [3.8, 4) is 0 Å². The fourth-order valence-electron chi connectivity index (χ4n) is 2.66. The van der Waals surface area contributed by atoms with Crippen LogP contribution in [0.25, 0.3) is 0 Å². The van der Waals surface area contributed by atoms with Crippen LogP contribution in [0.2, 0.25) is 0 Å². The van der Waals surface area contributed by atoms with E-state index in [9.17, 15) is 9.59 Å². The molecule has 6 heteroatoms. The molecule has 1 atom stereocenters. The molecule has 0 saturated carbocycles. The fraction of sp³-hybridized carbons (Fsp3) is 0.579. The molecule has 1 aliphatic heterocycles. The maximum atomic E-state index is 12.3. The van der Waals surface area contributed by atoms with E-state index in [1.807, 2.05) is 51.1 Å². The summed E-state index contributed by atoms with van der Waals surface area (Å²) in [5.74, 6) is 0. The Bertz CT molecular complexity index is 567. The predicted molar refractivity (Wildman–Crippen MR) is 93.2 cm³/mol. The molecule has 1 unspecified atom stereocenters. The number of hydrogen-bond acceptors (Lipinski definition) is 5. The van der Waals surface area contributed by atoms with E-state index >= 15 is 0 Å². The van der Waals surface area contributed by atoms with Crippen LogP contribution in [0.4, 0.5) is 9.59 Å². The number of ether oxygens (including phenoxy) is 3. The van der Waals surface area contributed by atoms with Crippen LogP contribution in [0.15, 0.2) is 30.3 Å². The third-order valence-electron chi connectivity index (χ3n) is 3.85. The highest BCUT2D eigenvalue weighted by Crippen LogP contribution is 2.21. The van der Waals surface area contributed by atoms with Crippen molar-refractivity contribution < 1.29 is 23.8 Å². The molecule has 0 N–H and O–H groups in total. The summed E-state index contributed by atoms with van der Waals surface area (Å²) < 4.78 is 15.7. The van der Waals surface area contributed by atoms with Crippen molar-refractivity contribution in [2.75, 3.05) is 13.2 Å². The van der Waals surface area contributed by atoms with Crippen molar-refractivity contribution in [3.63, 3.8) is 0 Å². The summed E-state index contributed by atoms with van der Waals surface area (Å²) >= 11 is 0. The van der Waals surface area contributed by atoms with Gasteiger partial charge in [-0.2, -0.15) is 0 Å². The van der Waals surface area contributed by atoms with Crippen LogP contribution in [0.3, 0.4) is 0 Å². The van der Waals surface area contributed by atoms with Crippen LogP contribution in [0, 0.1) is 0 Å². The third-order valence-corrected chi connectivity index (χ3v) is 3.85. The van der Waals surface area contributed by atoms with Crippen LogP contribution in [-0.4, -0.2) is 41.9 Å². The Morgan fingerprint density at radius 1 is 1.12 bits per heavy atom. The summed E-state index contributed by atoms with van der Waals surface area (Å²) in [6.45, 7) is 6.40. The molecule has 1 amide bonds. The van der Waals surface area contributed by atoms with E-state index in [-0.39, 0.29) is 25.3 Å². The Kier molecular flexibility index (Phi) is 6.67. The Morgan fingerprint density at radius 3 is 2.52 bits per heavy atom. The van der Waals surface area contributed by atoms with Crippen molar-refractivity contribution in [1.82, 2.24) is 4.90 Å². The van der Waals surface area contributed by atoms with Crippen molar-refractivity contribution in [2.45, 2.75) is 58.3 Å². The fourth-order valence-corrected chi connectivity index (χ4v) is 2.66. The quantitative estimate of drug-likeness (QED) is 0.765. The minimum Gasteiger partial charge on any atom is -0.444 e. The summed E-state index contributed by atoms with van der Waals surface area (Å²) in [5, 5.41) is 0. The van der Waals surface area contributed by atoms with Crippen molar-refractivity contribution >= 4 is 12.2 Å². The van der Waals surface area contributed by atoms with Gasteiger partial charge in [0.05, 0.1) is 6.04 Å². The zero-order valence-corrected chi connectivity index (χ0v) is 15.2. The number of rotatable bonds is 4. The molecule has 0 radical (unpaired) electrons. The number of hydrogen-bond donors (Lipinski definition) is 0. The van der Waals surface area contributed by atoms with Gasteiger partial charge in [0, 0.05) is 6.54 Å². The number of nitrogens with zero attached hydrogens (tertiary/aromatic N) is 1. The van der Waals surface area contributed by atoms with E-state index in [0.717, 1.165) is 24.8 Å². The largest absolute Gasteiger partial charge is 0.508 e. The average Bonchev–Trinajstić information content (AvgIpc) is 2.58. The van der Waals surface area contributed by atoms with Gasteiger partial charge in [0.1, 0.15) is 18.8 Å². The predicted octanol–water partition coefficient (Wildman–Crippen LogP) is 4.13. The molecule has 0 spiro atoms. The number of likely N-dealkylation sites (tertiary alicyclic amines) is 1. The van der Waals surface area contributed by atoms with Gasteiger partial charge in [-0.3, -0.25) is 0 Å². The van der Waals surface area contributed by atoms with Gasteiger partial charge in [-0.25, -0.2) is 9.59 Å². The molecule has 0 aliphatic carbocycles. The van der Waals surface area contributed by atoms with Gasteiger partial charge in [-0.05, 0) is 45.6 Å². The zero-order chi connectivity index (χ0) is 18.3. The monoisotopic (exact) mass is 349 g/mol. The Labute approximate surface area is 149 Å². The summed E-state index contributed by atoms with van der Waals surface area (Å²) in [5.41, 5.74) is 0.349. The van der Waals surface area contributed by atoms with Crippen molar-refractivity contribution in [2.24, 2.45) is 0 Å². The van der Waals surface area contributed by atoms with E-state index in [0.29, 0.717) is 6.54 Å². The standard InChI is InChI=1S/C19H27NO5/c1-19(2,3)25-17(21)20-12-8-7-11-16(20)14-24-18(22)23-13-15-9-5-4-6-10-15/h4-6,9-10,16H,7-8,11-14H2,1-3H3. The first kappa shape index (κ1) is 19.1. The maximum absolute atomic E-state index is 12.3. The number of carbonyl (C=O) groups excluding carboxylic acids is 2. The summed E-state index contributed by atoms with van der Waals surface area (Å²) in [4.78, 5) is 25.7. The first-order chi connectivity index (χ1) is 11.8. The number of carbonyl (C=O) groups is 2. The Hall–Kier alpha value is -2.24. The van der Waals surface area contributed by atoms with Gasteiger partial charge in [0.15, 0.2) is 0 Å². The molecule has 2 rings (SSSR count). The Morgan fingerprint density at radius 2 is 1.84 bits per heavy atom. The SMILES string of the molecule is CC(C)(C)OC(=O)N1CCCCC1COC(=O)OCc1ccccc1. The molecule has 1 heterocycles. The van der Waals surface area contributed by atoms with Gasteiger partial charge >= 0.3 is 12.2 Å². The van der Waals surface area contributed by atoms with Crippen molar-refractivity contribution in [3.05, 3.63) is 35.9 Å². The topological polar surface area (TPSA) is 65.1 Å². The molecule has 1 aliphatic rings. The van der Waals surface area contributed by atoms with E-state index in [2.05, 4.69) is 0 Å². The van der Waals surface area contributed by atoms with E-state index in [1.54, 1.807) is 4.90 Å². The molecule has 1 fully saturated rings. The minimum atomic E-state index is -0.724. The molecule has 138 valence electrons. The van der Waals surface area contributed by atoms with Gasteiger partial charge in [0.2, 0.25) is 0 Å². The van der Waals surface area contributed by atoms with E-state index < -0.39 is 11.8 Å². The lowest BCUT2D eigenvalue weighted by Crippen LogP contribution is -2.48. The molecule has 1 saturated heterocycles. The van der Waals surface area contributed by atoms with Gasteiger partial charge in [0.25, 0.3) is 0 Å². The first-order valence-corrected chi connectivity index (χ1v) is 8.68. The third kappa shape index (κ3) is 6.64. The molecular weight excluding hydrogens is 322 g/mol. The lowest BCUT2D eigenvalue weighted by Gasteiger charge is -2.36. The molecule has 1 aromatic rings. The van der Waals surface area contributed by atoms with Crippen LogP contribution >= 0.6 is 0 Å². The number of benzene rings is 1. The van der Waals surface area contributed by atoms with Crippen LogP contribution in [0.5, 0.6) is 0 Å². The molecule has 25 heavy (non-hydrogen) atoms. The second-order valence-electron chi connectivity index (χ2n) is 7.16. The summed E-state index contributed by atoms with van der Waals surface area (Å²) in [6.07, 6.45) is 1.61. The lowest BCUT2D eigenvalue weighted by atomic mass is 10.0. The van der Waals surface area contributed by atoms with Crippen LogP contribution in [-0.2, 0) is 20.8 Å². The highest BCUT2D eigenvalue weighted by Gasteiger charge is 2.31. The molecule has 0 aromatic heterocycles. The average molecular weight is 349 g/mol. The second-order valence-corrected chi connectivity index (χ2v) is 7.16. The first-order valence-electron chi connectivity index (χ1n) is 8.68. The molecule has 0 bridgehead atoms. The van der Waals surface area contributed by atoms with E-state index in [4.69, 9.17) is 14.2 Å². The summed E-state index contributed by atoms with van der Waals surface area (Å²) in [6, 6.07) is 9.23. The lowest BCUT2D eigenvalue weighted by molar-refractivity contribution is -0.0100. The van der Waals surface area contributed by atoms with Gasteiger partial charge in [-0.1, -0.05) is 30.3 Å². The Balaban J connectivity index is 1.80. The normalized spacial score (nSPS) is 17.7. The van der Waals surface area contributed by atoms with Crippen molar-refractivity contribution in [1.29, 1.82) is 0 Å². The van der Waals surface area contributed by atoms with Gasteiger partial charge in [-0.15, -0.1) is 0 Å². The zero-order valence-electron chi connectivity index (χ0n) is 15.2.